The minimum Gasteiger partial charge on any atom is -0.588 e. The third-order valence-corrected chi connectivity index (χ3v) is 3.85. The Kier molecular flexibility index (Phi) is 2.12. The number of rotatable bonds is 1. The van der Waals surface area contributed by atoms with Crippen LogP contribution in [0, 0.1) is 0 Å². The molecule has 0 spiro atoms. The SMILES string of the molecule is [O-][s+]1c(-c2ccccc2)cc2c1=NNNC=2. The number of nitrogens with zero attached hydrogens (tertiary/aromatic N) is 1. The minimum atomic E-state index is -1.19. The van der Waals surface area contributed by atoms with E-state index in [1.807, 2.05) is 36.4 Å². The average molecular weight is 231 g/mol. The highest BCUT2D eigenvalue weighted by Gasteiger charge is 2.15. The average Bonchev–Trinajstić information content (AvgIpc) is 2.69. The van der Waals surface area contributed by atoms with E-state index >= 15 is 0 Å². The summed E-state index contributed by atoms with van der Waals surface area (Å²) in [6, 6.07) is 11.6. The molecule has 2 aromatic rings. The molecule has 0 bridgehead atoms. The summed E-state index contributed by atoms with van der Waals surface area (Å²) in [5.74, 6) is 0. The summed E-state index contributed by atoms with van der Waals surface area (Å²) < 4.78 is 12.7. The molecule has 0 aliphatic carbocycles. The van der Waals surface area contributed by atoms with E-state index < -0.39 is 10.8 Å². The maximum absolute atomic E-state index is 12.1. The van der Waals surface area contributed by atoms with Gasteiger partial charge in [-0.15, -0.1) is 5.10 Å². The van der Waals surface area contributed by atoms with Gasteiger partial charge >= 0.3 is 0 Å². The van der Waals surface area contributed by atoms with Crippen molar-refractivity contribution >= 4 is 17.0 Å². The third kappa shape index (κ3) is 1.37. The van der Waals surface area contributed by atoms with Crippen LogP contribution >= 0.6 is 10.8 Å². The van der Waals surface area contributed by atoms with Gasteiger partial charge in [-0.1, -0.05) is 18.2 Å². The van der Waals surface area contributed by atoms with Gasteiger partial charge < -0.3 is 4.55 Å². The molecular weight excluding hydrogens is 222 g/mol. The van der Waals surface area contributed by atoms with Crippen LogP contribution in [0.25, 0.3) is 16.6 Å². The Morgan fingerprint density at radius 2 is 2.00 bits per heavy atom. The van der Waals surface area contributed by atoms with Gasteiger partial charge in [-0.2, -0.15) is 0 Å². The first kappa shape index (κ1) is 9.38. The lowest BCUT2D eigenvalue weighted by Crippen LogP contribution is -2.37. The van der Waals surface area contributed by atoms with Crippen molar-refractivity contribution in [1.29, 1.82) is 0 Å². The summed E-state index contributed by atoms with van der Waals surface area (Å²) in [6.07, 6.45) is 1.76. The zero-order valence-corrected chi connectivity index (χ0v) is 9.12. The largest absolute Gasteiger partial charge is 0.588 e. The highest BCUT2D eigenvalue weighted by atomic mass is 32.2. The maximum Gasteiger partial charge on any atom is 0.292 e. The van der Waals surface area contributed by atoms with Crippen LogP contribution < -0.4 is 20.9 Å². The Balaban J connectivity index is 2.29. The highest BCUT2D eigenvalue weighted by molar-refractivity contribution is 7.26. The van der Waals surface area contributed by atoms with Crippen LogP contribution in [-0.2, 0) is 0 Å². The molecular formula is C11H9N3OS. The van der Waals surface area contributed by atoms with Gasteiger partial charge in [0, 0.05) is 17.8 Å². The van der Waals surface area contributed by atoms with E-state index in [0.717, 1.165) is 15.7 Å². The molecule has 0 amide bonds. The minimum absolute atomic E-state index is 0.581. The van der Waals surface area contributed by atoms with Crippen LogP contribution in [0.5, 0.6) is 0 Å². The number of thiophene rings is 1. The number of benzene rings is 1. The molecule has 0 radical (unpaired) electrons. The summed E-state index contributed by atoms with van der Waals surface area (Å²) >= 11 is 0. The Morgan fingerprint density at radius 1 is 1.19 bits per heavy atom. The van der Waals surface area contributed by atoms with Gasteiger partial charge in [0.15, 0.2) is 4.88 Å². The van der Waals surface area contributed by atoms with Gasteiger partial charge in [0.05, 0.1) is 5.22 Å². The molecule has 0 saturated heterocycles. The van der Waals surface area contributed by atoms with Gasteiger partial charge in [-0.25, -0.2) is 5.53 Å². The molecule has 0 fully saturated rings. The third-order valence-electron chi connectivity index (χ3n) is 2.42. The maximum atomic E-state index is 12.1. The van der Waals surface area contributed by atoms with E-state index in [1.54, 1.807) is 6.20 Å². The Morgan fingerprint density at radius 3 is 2.75 bits per heavy atom. The molecule has 3 rings (SSSR count). The molecule has 1 aliphatic heterocycles. The lowest BCUT2D eigenvalue weighted by Gasteiger charge is -1.99. The van der Waals surface area contributed by atoms with E-state index in [2.05, 4.69) is 16.1 Å². The number of nitrogens with one attached hydrogen (secondary N) is 2. The summed E-state index contributed by atoms with van der Waals surface area (Å²) in [5, 5.41) is 4.85. The number of hydrogen-bond acceptors (Lipinski definition) is 4. The number of hydrazine groups is 1. The molecule has 1 aromatic heterocycles. The fourth-order valence-corrected chi connectivity index (χ4v) is 2.92. The lowest BCUT2D eigenvalue weighted by molar-refractivity contribution is 0.591. The predicted molar refractivity (Wildman–Crippen MR) is 62.0 cm³/mol. The summed E-state index contributed by atoms with van der Waals surface area (Å²) in [4.78, 5) is 0.802. The molecule has 2 heterocycles. The summed E-state index contributed by atoms with van der Waals surface area (Å²) in [6.45, 7) is 0. The lowest BCUT2D eigenvalue weighted by atomic mass is 10.2. The van der Waals surface area contributed by atoms with Crippen molar-refractivity contribution in [3.8, 4) is 10.4 Å². The van der Waals surface area contributed by atoms with Gasteiger partial charge in [-0.05, 0) is 22.9 Å². The Hall–Kier alpha value is -1.85. The monoisotopic (exact) mass is 231 g/mol. The van der Waals surface area contributed by atoms with Crippen LogP contribution in [0.1, 0.15) is 0 Å². The smallest absolute Gasteiger partial charge is 0.292 e. The van der Waals surface area contributed by atoms with Crippen LogP contribution in [0.2, 0.25) is 0 Å². The van der Waals surface area contributed by atoms with Gasteiger partial charge in [0.2, 0.25) is 0 Å². The summed E-state index contributed by atoms with van der Waals surface area (Å²) in [5.41, 5.74) is 6.34. The van der Waals surface area contributed by atoms with Gasteiger partial charge in [0.1, 0.15) is 0 Å². The molecule has 5 heteroatoms. The second kappa shape index (κ2) is 3.62. The molecule has 80 valence electrons. The number of hydrogen-bond donors (Lipinski definition) is 2. The van der Waals surface area contributed by atoms with E-state index in [0.29, 0.717) is 4.67 Å². The normalized spacial score (nSPS) is 13.9. The van der Waals surface area contributed by atoms with Crippen LogP contribution in [-0.4, -0.2) is 4.55 Å². The zero-order valence-electron chi connectivity index (χ0n) is 8.31. The van der Waals surface area contributed by atoms with Crippen LogP contribution in [0.15, 0.2) is 41.5 Å². The first-order chi connectivity index (χ1) is 7.86. The molecule has 16 heavy (non-hydrogen) atoms. The van der Waals surface area contributed by atoms with Gasteiger partial charge in [-0.3, -0.25) is 5.43 Å². The molecule has 1 unspecified atom stereocenters. The second-order valence-electron chi connectivity index (χ2n) is 3.42. The molecule has 2 N–H and O–H groups in total. The fraction of sp³-hybridized carbons (Fsp3) is 0. The zero-order chi connectivity index (χ0) is 11.0. The molecule has 1 aliphatic rings. The van der Waals surface area contributed by atoms with Crippen molar-refractivity contribution in [1.82, 2.24) is 11.0 Å². The van der Waals surface area contributed by atoms with Gasteiger partial charge in [0.25, 0.3) is 4.67 Å². The highest BCUT2D eigenvalue weighted by Crippen LogP contribution is 2.26. The molecule has 0 saturated carbocycles. The van der Waals surface area contributed by atoms with E-state index in [4.69, 9.17) is 0 Å². The van der Waals surface area contributed by atoms with Crippen molar-refractivity contribution in [3.63, 3.8) is 0 Å². The Labute approximate surface area is 94.7 Å². The van der Waals surface area contributed by atoms with E-state index in [1.165, 1.54) is 0 Å². The second-order valence-corrected chi connectivity index (χ2v) is 4.78. The van der Waals surface area contributed by atoms with E-state index in [-0.39, 0.29) is 0 Å². The molecule has 1 atom stereocenters. The van der Waals surface area contributed by atoms with Crippen molar-refractivity contribution in [2.75, 3.05) is 0 Å². The van der Waals surface area contributed by atoms with Crippen LogP contribution in [0.3, 0.4) is 0 Å². The van der Waals surface area contributed by atoms with Crippen molar-refractivity contribution < 1.29 is 4.55 Å². The fourth-order valence-electron chi connectivity index (χ4n) is 1.66. The molecule has 1 aromatic carbocycles. The first-order valence-electron chi connectivity index (χ1n) is 4.84. The summed E-state index contributed by atoms with van der Waals surface area (Å²) in [7, 11) is -1.19. The first-order valence-corrected chi connectivity index (χ1v) is 5.99. The molecule has 4 nitrogen and oxygen atoms in total. The predicted octanol–water partition coefficient (Wildman–Crippen LogP) is 0.462. The van der Waals surface area contributed by atoms with Crippen LogP contribution in [0.4, 0.5) is 0 Å². The van der Waals surface area contributed by atoms with Crippen molar-refractivity contribution in [2.24, 2.45) is 5.10 Å². The number of fused-ring (bicyclic) bond motifs is 1. The quantitative estimate of drug-likeness (QED) is 0.701. The Bertz CT molecular complexity index is 633. The standard InChI is InChI=1S/C11H9N3OS/c15-16-10(8-4-2-1-3-5-8)6-9-7-12-14-13-11(9)16/h1-7,12,14H. The van der Waals surface area contributed by atoms with Crippen molar-refractivity contribution in [2.45, 2.75) is 0 Å². The van der Waals surface area contributed by atoms with Crippen molar-refractivity contribution in [3.05, 3.63) is 46.3 Å². The topological polar surface area (TPSA) is 59.5 Å². The van der Waals surface area contributed by atoms with E-state index in [9.17, 15) is 4.55 Å².